The Morgan fingerprint density at radius 2 is 1.84 bits per heavy atom. The second-order valence-electron chi connectivity index (χ2n) is 7.53. The van der Waals surface area contributed by atoms with Crippen LogP contribution in [0.1, 0.15) is 57.2 Å². The average molecular weight is 357 g/mol. The van der Waals surface area contributed by atoms with Crippen molar-refractivity contribution in [1.82, 2.24) is 4.90 Å². The van der Waals surface area contributed by atoms with Crippen molar-refractivity contribution in [2.75, 3.05) is 19.8 Å². The van der Waals surface area contributed by atoms with Crippen LogP contribution in [0.2, 0.25) is 0 Å². The highest BCUT2D eigenvalue weighted by Crippen LogP contribution is 2.33. The van der Waals surface area contributed by atoms with E-state index < -0.39 is 12.8 Å². The number of halogens is 3. The van der Waals surface area contributed by atoms with E-state index in [9.17, 15) is 18.0 Å². The van der Waals surface area contributed by atoms with E-state index in [1.165, 1.54) is 5.56 Å². The lowest BCUT2D eigenvalue weighted by Crippen LogP contribution is -2.31. The highest BCUT2D eigenvalue weighted by Gasteiger charge is 2.31. The molecule has 140 valence electrons. The largest absolute Gasteiger partial charge is 0.411 e. The first-order valence-electron chi connectivity index (χ1n) is 8.62. The van der Waals surface area contributed by atoms with Crippen LogP contribution >= 0.6 is 0 Å². The molecular formula is C19H26F3NO2. The molecule has 0 spiro atoms. The molecule has 0 N–H and O–H groups in total. The van der Waals surface area contributed by atoms with E-state index in [1.807, 2.05) is 0 Å². The molecule has 1 aromatic carbocycles. The molecule has 3 nitrogen and oxygen atoms in total. The summed E-state index contributed by atoms with van der Waals surface area (Å²) in [5.74, 6) is -0.149. The van der Waals surface area contributed by atoms with Gasteiger partial charge in [-0.25, -0.2) is 0 Å². The van der Waals surface area contributed by atoms with Crippen molar-refractivity contribution in [1.29, 1.82) is 0 Å². The summed E-state index contributed by atoms with van der Waals surface area (Å²) in [6, 6.07) is 8.28. The van der Waals surface area contributed by atoms with Crippen LogP contribution in [0, 0.1) is 0 Å². The Morgan fingerprint density at radius 1 is 1.20 bits per heavy atom. The number of hydrogen-bond acceptors (Lipinski definition) is 2. The number of carbonyl (C=O) groups is 1. The molecule has 1 atom stereocenters. The molecule has 0 bridgehead atoms. The first-order chi connectivity index (χ1) is 11.6. The van der Waals surface area contributed by atoms with Crippen molar-refractivity contribution in [3.8, 4) is 0 Å². The van der Waals surface area contributed by atoms with Crippen molar-refractivity contribution in [3.05, 3.63) is 35.4 Å². The van der Waals surface area contributed by atoms with Gasteiger partial charge in [-0.15, -0.1) is 0 Å². The summed E-state index contributed by atoms with van der Waals surface area (Å²) in [7, 11) is 0. The molecule has 0 radical (unpaired) electrons. The third-order valence-electron chi connectivity index (χ3n) is 4.46. The molecule has 0 aliphatic carbocycles. The quantitative estimate of drug-likeness (QED) is 0.720. The fraction of sp³-hybridized carbons (Fsp3) is 0.632. The Hall–Kier alpha value is -1.56. The summed E-state index contributed by atoms with van der Waals surface area (Å²) in [5, 5.41) is 0. The smallest absolute Gasteiger partial charge is 0.372 e. The Kier molecular flexibility index (Phi) is 6.14. The molecule has 6 heteroatoms. The molecule has 0 saturated carbocycles. The number of nitrogens with zero attached hydrogens (tertiary/aromatic N) is 1. The first kappa shape index (κ1) is 19.8. The fourth-order valence-electron chi connectivity index (χ4n) is 3.11. The van der Waals surface area contributed by atoms with Gasteiger partial charge in [0, 0.05) is 6.54 Å². The lowest BCUT2D eigenvalue weighted by molar-refractivity contribution is -0.175. The van der Waals surface area contributed by atoms with Crippen LogP contribution in [-0.2, 0) is 14.9 Å². The Bertz CT molecular complexity index is 576. The van der Waals surface area contributed by atoms with Gasteiger partial charge in [-0.05, 0) is 29.4 Å². The van der Waals surface area contributed by atoms with E-state index >= 15 is 0 Å². The minimum absolute atomic E-state index is 0.00383. The van der Waals surface area contributed by atoms with E-state index in [2.05, 4.69) is 49.8 Å². The van der Waals surface area contributed by atoms with Crippen molar-refractivity contribution in [2.24, 2.45) is 0 Å². The van der Waals surface area contributed by atoms with Gasteiger partial charge in [-0.1, -0.05) is 45.0 Å². The molecule has 1 fully saturated rings. The minimum Gasteiger partial charge on any atom is -0.372 e. The molecule has 25 heavy (non-hydrogen) atoms. The summed E-state index contributed by atoms with van der Waals surface area (Å²) in [6.45, 7) is 5.57. The first-order valence-corrected chi connectivity index (χ1v) is 8.62. The van der Waals surface area contributed by atoms with Crippen LogP contribution in [-0.4, -0.2) is 36.7 Å². The molecule has 1 amide bonds. The zero-order chi connectivity index (χ0) is 18.7. The molecule has 2 rings (SSSR count). The number of likely N-dealkylation sites (tertiary alicyclic amines) is 1. The number of ether oxygens (including phenoxy) is 1. The summed E-state index contributed by atoms with van der Waals surface area (Å²) in [6.07, 6.45) is -2.59. The standard InChI is InChI=1S/C19H26F3NO2/c1-18(2,3)15-8-6-14(7-9-15)16-5-4-11-23(16)17(24)10-12-25-13-19(20,21)22/h6-9,16H,4-5,10-13H2,1-3H3. The van der Waals surface area contributed by atoms with Gasteiger partial charge in [0.15, 0.2) is 0 Å². The Labute approximate surface area is 147 Å². The second-order valence-corrected chi connectivity index (χ2v) is 7.53. The number of carbonyl (C=O) groups excluding carboxylic acids is 1. The molecule has 1 saturated heterocycles. The topological polar surface area (TPSA) is 29.5 Å². The summed E-state index contributed by atoms with van der Waals surface area (Å²) >= 11 is 0. The van der Waals surface area contributed by atoms with Gasteiger partial charge in [-0.3, -0.25) is 4.79 Å². The number of amides is 1. The highest BCUT2D eigenvalue weighted by atomic mass is 19.4. The van der Waals surface area contributed by atoms with E-state index in [0.717, 1.165) is 18.4 Å². The molecule has 0 aromatic heterocycles. The third-order valence-corrected chi connectivity index (χ3v) is 4.46. The Balaban J connectivity index is 1.94. The van der Waals surface area contributed by atoms with Crippen LogP contribution in [0.15, 0.2) is 24.3 Å². The third kappa shape index (κ3) is 5.73. The van der Waals surface area contributed by atoms with Gasteiger partial charge in [0.2, 0.25) is 5.91 Å². The molecule has 1 aromatic rings. The lowest BCUT2D eigenvalue weighted by Gasteiger charge is -2.26. The molecular weight excluding hydrogens is 331 g/mol. The molecule has 1 unspecified atom stereocenters. The van der Waals surface area contributed by atoms with Gasteiger partial charge in [0.05, 0.1) is 19.1 Å². The summed E-state index contributed by atoms with van der Waals surface area (Å²) < 4.78 is 40.7. The van der Waals surface area contributed by atoms with E-state index in [0.29, 0.717) is 6.54 Å². The fourth-order valence-corrected chi connectivity index (χ4v) is 3.11. The zero-order valence-corrected chi connectivity index (χ0v) is 15.0. The van der Waals surface area contributed by atoms with Crippen molar-refractivity contribution in [2.45, 2.75) is 57.7 Å². The number of benzene rings is 1. The lowest BCUT2D eigenvalue weighted by atomic mass is 9.86. The number of hydrogen-bond donors (Lipinski definition) is 0. The summed E-state index contributed by atoms with van der Waals surface area (Å²) in [5.41, 5.74) is 2.38. The van der Waals surface area contributed by atoms with E-state index in [-0.39, 0.29) is 30.4 Å². The van der Waals surface area contributed by atoms with Crippen molar-refractivity contribution in [3.63, 3.8) is 0 Å². The maximum absolute atomic E-state index is 12.3. The van der Waals surface area contributed by atoms with Crippen LogP contribution in [0.25, 0.3) is 0 Å². The maximum Gasteiger partial charge on any atom is 0.411 e. The zero-order valence-electron chi connectivity index (χ0n) is 15.0. The molecule has 1 heterocycles. The Morgan fingerprint density at radius 3 is 2.40 bits per heavy atom. The van der Waals surface area contributed by atoms with Crippen LogP contribution < -0.4 is 0 Å². The van der Waals surface area contributed by atoms with Crippen LogP contribution in [0.5, 0.6) is 0 Å². The van der Waals surface area contributed by atoms with Gasteiger partial charge in [-0.2, -0.15) is 13.2 Å². The van der Waals surface area contributed by atoms with E-state index in [1.54, 1.807) is 4.90 Å². The van der Waals surface area contributed by atoms with Crippen molar-refractivity contribution < 1.29 is 22.7 Å². The summed E-state index contributed by atoms with van der Waals surface area (Å²) in [4.78, 5) is 14.1. The van der Waals surface area contributed by atoms with Gasteiger partial charge in [0.25, 0.3) is 0 Å². The molecule has 1 aliphatic rings. The average Bonchev–Trinajstić information content (AvgIpc) is 2.99. The number of rotatable bonds is 5. The molecule has 1 aliphatic heterocycles. The van der Waals surface area contributed by atoms with Crippen molar-refractivity contribution >= 4 is 5.91 Å². The van der Waals surface area contributed by atoms with E-state index in [4.69, 9.17) is 0 Å². The van der Waals surface area contributed by atoms with Crippen LogP contribution in [0.3, 0.4) is 0 Å². The maximum atomic E-state index is 12.3. The van der Waals surface area contributed by atoms with Gasteiger partial charge in [0.1, 0.15) is 6.61 Å². The monoisotopic (exact) mass is 357 g/mol. The second kappa shape index (κ2) is 7.77. The predicted molar refractivity (Wildman–Crippen MR) is 90.3 cm³/mol. The normalized spacial score (nSPS) is 18.6. The minimum atomic E-state index is -4.35. The highest BCUT2D eigenvalue weighted by molar-refractivity contribution is 5.77. The van der Waals surface area contributed by atoms with Gasteiger partial charge < -0.3 is 9.64 Å². The van der Waals surface area contributed by atoms with Crippen LogP contribution in [0.4, 0.5) is 13.2 Å². The number of alkyl halides is 3. The SMILES string of the molecule is CC(C)(C)c1ccc(C2CCCN2C(=O)CCOCC(F)(F)F)cc1. The predicted octanol–water partition coefficient (Wildman–Crippen LogP) is 4.62. The van der Waals surface area contributed by atoms with Gasteiger partial charge >= 0.3 is 6.18 Å².